The minimum atomic E-state index is -0.887. The molecular weight excluding hydrogens is 361 g/mol. The van der Waals surface area contributed by atoms with E-state index in [4.69, 9.17) is 0 Å². The fourth-order valence-corrected chi connectivity index (χ4v) is 4.20. The van der Waals surface area contributed by atoms with Gasteiger partial charge in [-0.2, -0.15) is 0 Å². The van der Waals surface area contributed by atoms with Crippen molar-refractivity contribution in [1.29, 1.82) is 0 Å². The first-order valence-corrected chi connectivity index (χ1v) is 9.80. The number of halogens is 1. The normalized spacial score (nSPS) is 19.3. The summed E-state index contributed by atoms with van der Waals surface area (Å²) in [6.07, 6.45) is 0.894. The Kier molecular flexibility index (Phi) is 5.46. The van der Waals surface area contributed by atoms with Crippen molar-refractivity contribution in [3.63, 3.8) is 0 Å². The molecule has 152 valence electrons. The molecule has 1 spiro atoms. The smallest absolute Gasteiger partial charge is 0.327 e. The van der Waals surface area contributed by atoms with Crippen LogP contribution in [-0.2, 0) is 16.1 Å². The van der Waals surface area contributed by atoms with Crippen LogP contribution >= 0.6 is 0 Å². The number of benzene rings is 1. The van der Waals surface area contributed by atoms with E-state index in [1.807, 2.05) is 13.8 Å². The third kappa shape index (κ3) is 3.50. The predicted octanol–water partition coefficient (Wildman–Crippen LogP) is 2.94. The summed E-state index contributed by atoms with van der Waals surface area (Å²) in [5.74, 6) is -0.311. The summed E-state index contributed by atoms with van der Waals surface area (Å²) in [4.78, 5) is 43.0. The Labute approximate surface area is 165 Å². The molecule has 1 aromatic carbocycles. The molecule has 0 unspecified atom stereocenters. The maximum Gasteiger partial charge on any atom is 0.327 e. The van der Waals surface area contributed by atoms with Crippen molar-refractivity contribution < 1.29 is 18.8 Å². The van der Waals surface area contributed by atoms with Crippen LogP contribution in [0.25, 0.3) is 0 Å². The lowest BCUT2D eigenvalue weighted by Gasteiger charge is -2.42. The van der Waals surface area contributed by atoms with Crippen molar-refractivity contribution in [2.45, 2.75) is 52.6 Å². The number of piperidine rings is 1. The number of carbonyl (C=O) groups is 3. The Morgan fingerprint density at radius 2 is 1.86 bits per heavy atom. The molecule has 6 nitrogen and oxygen atoms in total. The predicted molar refractivity (Wildman–Crippen MR) is 103 cm³/mol. The SMILES string of the molecule is CC(=O)N1CCC2(CC1)C(=O)N(Cc1ccc(F)c(C)c1)C(=O)N2CC(C)C. The fraction of sp³-hybridized carbons (Fsp3) is 0.571. The molecule has 0 N–H and O–H groups in total. The van der Waals surface area contributed by atoms with Gasteiger partial charge in [-0.05, 0) is 42.9 Å². The van der Waals surface area contributed by atoms with Gasteiger partial charge in [-0.1, -0.05) is 26.0 Å². The van der Waals surface area contributed by atoms with Crippen LogP contribution in [0.5, 0.6) is 0 Å². The highest BCUT2D eigenvalue weighted by Gasteiger charge is 2.58. The Bertz CT molecular complexity index is 800. The van der Waals surface area contributed by atoms with Crippen LogP contribution in [0.15, 0.2) is 18.2 Å². The molecule has 0 bridgehead atoms. The summed E-state index contributed by atoms with van der Waals surface area (Å²) in [7, 11) is 0. The van der Waals surface area contributed by atoms with Gasteiger partial charge in [0.2, 0.25) is 5.91 Å². The first-order chi connectivity index (χ1) is 13.2. The van der Waals surface area contributed by atoms with Crippen LogP contribution in [0.1, 0.15) is 44.7 Å². The molecule has 0 radical (unpaired) electrons. The van der Waals surface area contributed by atoms with Gasteiger partial charge in [0.25, 0.3) is 5.91 Å². The van der Waals surface area contributed by atoms with E-state index < -0.39 is 5.54 Å². The second-order valence-corrected chi connectivity index (χ2v) is 8.30. The maximum atomic E-state index is 13.6. The summed E-state index contributed by atoms with van der Waals surface area (Å²) in [5.41, 5.74) is 0.325. The van der Waals surface area contributed by atoms with E-state index in [1.165, 1.54) is 17.9 Å². The zero-order chi connectivity index (χ0) is 20.6. The quantitative estimate of drug-likeness (QED) is 0.744. The minimum absolute atomic E-state index is 0.0133. The van der Waals surface area contributed by atoms with E-state index in [1.54, 1.807) is 28.9 Å². The van der Waals surface area contributed by atoms with Gasteiger partial charge in [-0.15, -0.1) is 0 Å². The average Bonchev–Trinajstić information content (AvgIpc) is 2.81. The molecule has 0 aliphatic carbocycles. The molecule has 1 aromatic rings. The molecular formula is C21H28FN3O3. The molecule has 2 aliphatic heterocycles. The summed E-state index contributed by atoms with van der Waals surface area (Å²) in [6.45, 7) is 8.77. The topological polar surface area (TPSA) is 60.9 Å². The van der Waals surface area contributed by atoms with Gasteiger partial charge in [0, 0.05) is 26.6 Å². The summed E-state index contributed by atoms with van der Waals surface area (Å²) >= 11 is 0. The molecule has 0 aromatic heterocycles. The maximum absolute atomic E-state index is 13.6. The van der Waals surface area contributed by atoms with Gasteiger partial charge in [0.05, 0.1) is 6.54 Å². The van der Waals surface area contributed by atoms with E-state index in [-0.39, 0.29) is 36.1 Å². The van der Waals surface area contributed by atoms with Gasteiger partial charge in [-0.3, -0.25) is 14.5 Å². The van der Waals surface area contributed by atoms with Crippen LogP contribution in [0.2, 0.25) is 0 Å². The van der Waals surface area contributed by atoms with Gasteiger partial charge in [-0.25, -0.2) is 9.18 Å². The standard InChI is InChI=1S/C21H28FN3O3/c1-14(2)12-25-20(28)24(13-17-5-6-18(22)15(3)11-17)19(27)21(25)7-9-23(10-8-21)16(4)26/h5-6,11,14H,7-10,12-13H2,1-4H3. The Morgan fingerprint density at radius 3 is 2.39 bits per heavy atom. The molecule has 7 heteroatoms. The van der Waals surface area contributed by atoms with Crippen molar-refractivity contribution in [2.24, 2.45) is 5.92 Å². The fourth-order valence-electron chi connectivity index (χ4n) is 4.20. The number of rotatable bonds is 4. The van der Waals surface area contributed by atoms with Gasteiger partial charge >= 0.3 is 6.03 Å². The van der Waals surface area contributed by atoms with Gasteiger partial charge in [0.1, 0.15) is 11.4 Å². The highest BCUT2D eigenvalue weighted by atomic mass is 19.1. The number of imide groups is 1. The van der Waals surface area contributed by atoms with Crippen LogP contribution in [0.4, 0.5) is 9.18 Å². The Balaban J connectivity index is 1.89. The summed E-state index contributed by atoms with van der Waals surface area (Å²) in [6, 6.07) is 4.35. The molecule has 3 rings (SSSR count). The van der Waals surface area contributed by atoms with E-state index in [0.717, 1.165) is 5.56 Å². The Hall–Kier alpha value is -2.44. The lowest BCUT2D eigenvalue weighted by molar-refractivity contribution is -0.140. The van der Waals surface area contributed by atoms with Crippen molar-refractivity contribution in [3.8, 4) is 0 Å². The lowest BCUT2D eigenvalue weighted by atomic mass is 9.85. The third-order valence-electron chi connectivity index (χ3n) is 5.77. The van der Waals surface area contributed by atoms with Gasteiger partial charge < -0.3 is 9.80 Å². The van der Waals surface area contributed by atoms with Gasteiger partial charge in [0.15, 0.2) is 0 Å². The molecule has 2 aliphatic rings. The molecule has 0 atom stereocenters. The number of urea groups is 1. The van der Waals surface area contributed by atoms with E-state index >= 15 is 0 Å². The van der Waals surface area contributed by atoms with Crippen LogP contribution in [0.3, 0.4) is 0 Å². The van der Waals surface area contributed by atoms with Crippen molar-refractivity contribution >= 4 is 17.8 Å². The highest BCUT2D eigenvalue weighted by molar-refractivity contribution is 6.07. The first-order valence-electron chi connectivity index (χ1n) is 9.80. The van der Waals surface area contributed by atoms with Crippen molar-refractivity contribution in [2.75, 3.05) is 19.6 Å². The zero-order valence-electron chi connectivity index (χ0n) is 17.0. The molecule has 0 saturated carbocycles. The molecule has 4 amide bonds. The lowest BCUT2D eigenvalue weighted by Crippen LogP contribution is -2.57. The number of amides is 4. The summed E-state index contributed by atoms with van der Waals surface area (Å²) in [5, 5.41) is 0. The number of hydrogen-bond donors (Lipinski definition) is 0. The second-order valence-electron chi connectivity index (χ2n) is 8.30. The van der Waals surface area contributed by atoms with Crippen LogP contribution in [-0.4, -0.2) is 57.7 Å². The van der Waals surface area contributed by atoms with E-state index in [2.05, 4.69) is 0 Å². The van der Waals surface area contributed by atoms with E-state index in [0.29, 0.717) is 38.0 Å². The molecule has 2 heterocycles. The van der Waals surface area contributed by atoms with Crippen molar-refractivity contribution in [1.82, 2.24) is 14.7 Å². The average molecular weight is 389 g/mol. The first kappa shape index (κ1) is 20.3. The number of hydrogen-bond acceptors (Lipinski definition) is 3. The monoisotopic (exact) mass is 389 g/mol. The molecule has 28 heavy (non-hydrogen) atoms. The largest absolute Gasteiger partial charge is 0.343 e. The second kappa shape index (κ2) is 7.53. The minimum Gasteiger partial charge on any atom is -0.343 e. The number of nitrogens with zero attached hydrogens (tertiary/aromatic N) is 3. The van der Waals surface area contributed by atoms with Crippen LogP contribution < -0.4 is 0 Å². The van der Waals surface area contributed by atoms with Crippen LogP contribution in [0, 0.1) is 18.7 Å². The Morgan fingerprint density at radius 1 is 1.21 bits per heavy atom. The van der Waals surface area contributed by atoms with Crippen molar-refractivity contribution in [3.05, 3.63) is 35.1 Å². The molecule has 2 saturated heterocycles. The zero-order valence-corrected chi connectivity index (χ0v) is 17.0. The number of carbonyl (C=O) groups excluding carboxylic acids is 3. The summed E-state index contributed by atoms with van der Waals surface area (Å²) < 4.78 is 13.6. The van der Waals surface area contributed by atoms with E-state index in [9.17, 15) is 18.8 Å². The third-order valence-corrected chi connectivity index (χ3v) is 5.77. The number of aryl methyl sites for hydroxylation is 1. The molecule has 2 fully saturated rings. The number of likely N-dealkylation sites (tertiary alicyclic amines) is 1. The highest BCUT2D eigenvalue weighted by Crippen LogP contribution is 2.38.